The molecule has 25 heavy (non-hydrogen) atoms. The molecule has 0 saturated carbocycles. The summed E-state index contributed by atoms with van der Waals surface area (Å²) in [5.41, 5.74) is 2.66. The van der Waals surface area contributed by atoms with Gasteiger partial charge in [-0.15, -0.1) is 11.3 Å². The van der Waals surface area contributed by atoms with E-state index in [4.69, 9.17) is 4.98 Å². The lowest BCUT2D eigenvalue weighted by atomic mass is 9.89. The van der Waals surface area contributed by atoms with Crippen molar-refractivity contribution in [2.75, 3.05) is 5.75 Å². The number of nitrogens with one attached hydrogen (secondary N) is 1. The first-order valence-electron chi connectivity index (χ1n) is 8.92. The number of aromatic nitrogens is 2. The number of aryl methyl sites for hydroxylation is 2. The Hall–Kier alpha value is -1.59. The minimum atomic E-state index is 0.0441. The molecule has 0 radical (unpaired) electrons. The molecule has 0 spiro atoms. The summed E-state index contributed by atoms with van der Waals surface area (Å²) in [6.45, 7) is 2.29. The van der Waals surface area contributed by atoms with E-state index in [-0.39, 0.29) is 5.56 Å². The van der Waals surface area contributed by atoms with Gasteiger partial charge in [-0.25, -0.2) is 4.98 Å². The number of aromatic amines is 1. The van der Waals surface area contributed by atoms with Crippen molar-refractivity contribution >= 4 is 33.3 Å². The molecule has 1 N–H and O–H groups in total. The van der Waals surface area contributed by atoms with Gasteiger partial charge in [0.15, 0.2) is 5.16 Å². The molecule has 2 aromatic heterocycles. The fourth-order valence-electron chi connectivity index (χ4n) is 3.49. The summed E-state index contributed by atoms with van der Waals surface area (Å²) in [4.78, 5) is 22.6. The third-order valence-electron chi connectivity index (χ3n) is 4.84. The van der Waals surface area contributed by atoms with Crippen LogP contribution in [0.4, 0.5) is 0 Å². The van der Waals surface area contributed by atoms with Crippen molar-refractivity contribution in [1.82, 2.24) is 9.97 Å². The number of fused-ring (bicyclic) bond motifs is 3. The highest BCUT2D eigenvalue weighted by Gasteiger charge is 2.22. The second-order valence-corrected chi connectivity index (χ2v) is 9.01. The maximum Gasteiger partial charge on any atom is 0.260 e. The Bertz CT molecular complexity index is 930. The van der Waals surface area contributed by atoms with E-state index in [0.29, 0.717) is 5.92 Å². The van der Waals surface area contributed by atoms with E-state index in [1.807, 2.05) is 6.07 Å². The highest BCUT2D eigenvalue weighted by molar-refractivity contribution is 7.99. The van der Waals surface area contributed by atoms with E-state index in [9.17, 15) is 4.79 Å². The van der Waals surface area contributed by atoms with E-state index in [2.05, 4.69) is 36.2 Å². The van der Waals surface area contributed by atoms with Crippen molar-refractivity contribution in [2.45, 2.75) is 44.2 Å². The molecule has 1 atom stereocenters. The van der Waals surface area contributed by atoms with Gasteiger partial charge in [0.1, 0.15) is 4.83 Å². The van der Waals surface area contributed by atoms with E-state index in [1.165, 1.54) is 22.4 Å². The van der Waals surface area contributed by atoms with Crippen LogP contribution in [0.1, 0.15) is 35.8 Å². The highest BCUT2D eigenvalue weighted by atomic mass is 32.2. The van der Waals surface area contributed by atoms with Crippen LogP contribution < -0.4 is 5.56 Å². The van der Waals surface area contributed by atoms with Gasteiger partial charge in [-0.3, -0.25) is 4.79 Å². The van der Waals surface area contributed by atoms with Gasteiger partial charge in [0, 0.05) is 10.6 Å². The van der Waals surface area contributed by atoms with Gasteiger partial charge in [0.2, 0.25) is 0 Å². The van der Waals surface area contributed by atoms with Crippen LogP contribution in [0.2, 0.25) is 0 Å². The van der Waals surface area contributed by atoms with Gasteiger partial charge in [0.25, 0.3) is 5.56 Å². The predicted molar refractivity (Wildman–Crippen MR) is 107 cm³/mol. The molecular weight excluding hydrogens is 348 g/mol. The van der Waals surface area contributed by atoms with Crippen LogP contribution in [0.5, 0.6) is 0 Å². The largest absolute Gasteiger partial charge is 0.301 e. The van der Waals surface area contributed by atoms with Crippen LogP contribution in [0.3, 0.4) is 0 Å². The first-order valence-corrected chi connectivity index (χ1v) is 10.7. The molecule has 0 fully saturated rings. The number of nitrogens with zero attached hydrogens (tertiary/aromatic N) is 1. The molecule has 1 aliphatic carbocycles. The van der Waals surface area contributed by atoms with Gasteiger partial charge >= 0.3 is 0 Å². The predicted octanol–water partition coefficient (Wildman–Crippen LogP) is 4.83. The maximum atomic E-state index is 12.6. The van der Waals surface area contributed by atoms with E-state index in [0.717, 1.165) is 46.8 Å². The Labute approximate surface area is 155 Å². The molecule has 3 aromatic rings. The summed E-state index contributed by atoms with van der Waals surface area (Å²) < 4.78 is 0. The zero-order valence-corrected chi connectivity index (χ0v) is 16.0. The molecule has 0 bridgehead atoms. The smallest absolute Gasteiger partial charge is 0.260 e. The molecule has 1 aliphatic rings. The summed E-state index contributed by atoms with van der Waals surface area (Å²) in [6.07, 6.45) is 5.43. The number of hydrogen-bond donors (Lipinski definition) is 1. The quantitative estimate of drug-likeness (QED) is 0.397. The Balaban J connectivity index is 1.47. The lowest BCUT2D eigenvalue weighted by Crippen LogP contribution is -2.13. The third kappa shape index (κ3) is 3.67. The number of hydrogen-bond acceptors (Lipinski definition) is 4. The van der Waals surface area contributed by atoms with Crippen molar-refractivity contribution in [3.05, 3.63) is 56.7 Å². The third-order valence-corrected chi connectivity index (χ3v) is 6.94. The van der Waals surface area contributed by atoms with Gasteiger partial charge in [-0.1, -0.05) is 49.0 Å². The first kappa shape index (κ1) is 16.9. The molecule has 0 saturated heterocycles. The van der Waals surface area contributed by atoms with Crippen LogP contribution in [-0.4, -0.2) is 15.7 Å². The van der Waals surface area contributed by atoms with Gasteiger partial charge in [-0.05, 0) is 49.1 Å². The normalized spacial score (nSPS) is 16.9. The lowest BCUT2D eigenvalue weighted by molar-refractivity contribution is 0.509. The average Bonchev–Trinajstić information content (AvgIpc) is 2.97. The molecule has 1 aromatic carbocycles. The molecule has 4 rings (SSSR count). The molecule has 0 aliphatic heterocycles. The van der Waals surface area contributed by atoms with Crippen LogP contribution in [0.25, 0.3) is 10.2 Å². The molecule has 2 heterocycles. The molecule has 1 unspecified atom stereocenters. The van der Waals surface area contributed by atoms with Crippen LogP contribution in [-0.2, 0) is 19.3 Å². The standard InChI is InChI=1S/C20H22N2OS2/c1-13-9-10-15-16(12-13)25-19-17(15)18(23)21-20(22-19)24-11-5-8-14-6-3-2-4-7-14/h2-4,6-7,13H,5,8-12H2,1H3,(H,21,22,23). The number of rotatable bonds is 5. The summed E-state index contributed by atoms with van der Waals surface area (Å²) >= 11 is 3.38. The van der Waals surface area contributed by atoms with Crippen LogP contribution >= 0.6 is 23.1 Å². The molecule has 3 nitrogen and oxygen atoms in total. The second-order valence-electron chi connectivity index (χ2n) is 6.84. The summed E-state index contributed by atoms with van der Waals surface area (Å²) in [5.74, 6) is 1.68. The average molecular weight is 371 g/mol. The van der Waals surface area contributed by atoms with Gasteiger partial charge in [0.05, 0.1) is 5.39 Å². The summed E-state index contributed by atoms with van der Waals surface area (Å²) in [6, 6.07) is 10.5. The van der Waals surface area contributed by atoms with Crippen molar-refractivity contribution in [3.8, 4) is 0 Å². The van der Waals surface area contributed by atoms with Crippen molar-refractivity contribution in [1.29, 1.82) is 0 Å². The van der Waals surface area contributed by atoms with Crippen molar-refractivity contribution < 1.29 is 0 Å². The fourth-order valence-corrected chi connectivity index (χ4v) is 5.73. The van der Waals surface area contributed by atoms with Crippen molar-refractivity contribution in [3.63, 3.8) is 0 Å². The number of thioether (sulfide) groups is 1. The van der Waals surface area contributed by atoms with Gasteiger partial charge in [-0.2, -0.15) is 0 Å². The number of benzene rings is 1. The van der Waals surface area contributed by atoms with Crippen LogP contribution in [0, 0.1) is 5.92 Å². The molecule has 5 heteroatoms. The minimum Gasteiger partial charge on any atom is -0.301 e. The van der Waals surface area contributed by atoms with E-state index in [1.54, 1.807) is 23.1 Å². The minimum absolute atomic E-state index is 0.0441. The SMILES string of the molecule is CC1CCc2c(sc3nc(SCCCc4ccccc4)[nH]c(=O)c23)C1. The maximum absolute atomic E-state index is 12.6. The zero-order chi connectivity index (χ0) is 17.2. The monoisotopic (exact) mass is 370 g/mol. The molecular formula is C20H22N2OS2. The Morgan fingerprint density at radius 3 is 3.00 bits per heavy atom. The van der Waals surface area contributed by atoms with E-state index >= 15 is 0 Å². The summed E-state index contributed by atoms with van der Waals surface area (Å²) in [5, 5.41) is 1.61. The highest BCUT2D eigenvalue weighted by Crippen LogP contribution is 2.36. The van der Waals surface area contributed by atoms with E-state index < -0.39 is 0 Å². The molecule has 0 amide bonds. The first-order chi connectivity index (χ1) is 12.2. The topological polar surface area (TPSA) is 45.8 Å². The Morgan fingerprint density at radius 1 is 1.32 bits per heavy atom. The van der Waals surface area contributed by atoms with Gasteiger partial charge < -0.3 is 4.98 Å². The summed E-state index contributed by atoms with van der Waals surface area (Å²) in [7, 11) is 0. The van der Waals surface area contributed by atoms with Crippen LogP contribution in [0.15, 0.2) is 40.3 Å². The number of thiophene rings is 1. The zero-order valence-electron chi connectivity index (χ0n) is 14.4. The Kier molecular flexibility index (Phi) is 4.95. The second kappa shape index (κ2) is 7.34. The number of H-pyrrole nitrogens is 1. The lowest BCUT2D eigenvalue weighted by Gasteiger charge is -2.17. The fraction of sp³-hybridized carbons (Fsp3) is 0.400. The Morgan fingerprint density at radius 2 is 2.16 bits per heavy atom. The van der Waals surface area contributed by atoms with Crippen molar-refractivity contribution in [2.24, 2.45) is 5.92 Å². The molecule has 130 valence electrons.